The van der Waals surface area contributed by atoms with Crippen molar-refractivity contribution in [3.63, 3.8) is 0 Å². The van der Waals surface area contributed by atoms with Crippen LogP contribution in [-0.2, 0) is 4.79 Å². The van der Waals surface area contributed by atoms with Gasteiger partial charge in [-0.1, -0.05) is 16.5 Å². The molecular weight excluding hydrogens is 314 g/mol. The van der Waals surface area contributed by atoms with Crippen molar-refractivity contribution in [2.24, 2.45) is 11.8 Å². The van der Waals surface area contributed by atoms with Crippen molar-refractivity contribution in [3.05, 3.63) is 12.3 Å². The fourth-order valence-electron chi connectivity index (χ4n) is 2.85. The summed E-state index contributed by atoms with van der Waals surface area (Å²) in [6, 6.07) is 1.77. The van der Waals surface area contributed by atoms with Crippen LogP contribution in [0, 0.1) is 11.8 Å². The summed E-state index contributed by atoms with van der Waals surface area (Å²) >= 11 is 1.49. The fraction of sp³-hybridized carbons (Fsp3) is 0.600. The third-order valence-electron chi connectivity index (χ3n) is 4.40. The minimum Gasteiger partial charge on any atom is -0.364 e. The number of carbonyl (C=O) groups excluding carboxylic acids is 1. The number of nitrogens with zero attached hydrogens (tertiary/aromatic N) is 4. The SMILES string of the molecule is O=C(NCC1CC1)[C@H]1CCCN(c2nnc(-c3ccon3)s2)C1. The van der Waals surface area contributed by atoms with E-state index < -0.39 is 0 Å². The zero-order valence-corrected chi connectivity index (χ0v) is 13.6. The lowest BCUT2D eigenvalue weighted by molar-refractivity contribution is -0.125. The molecule has 0 unspecified atom stereocenters. The third-order valence-corrected chi connectivity index (χ3v) is 5.40. The Morgan fingerprint density at radius 2 is 2.30 bits per heavy atom. The number of hydrogen-bond donors (Lipinski definition) is 1. The van der Waals surface area contributed by atoms with Crippen LogP contribution >= 0.6 is 11.3 Å². The zero-order valence-electron chi connectivity index (χ0n) is 12.8. The van der Waals surface area contributed by atoms with E-state index in [1.807, 2.05) is 0 Å². The van der Waals surface area contributed by atoms with Crippen LogP contribution in [0.25, 0.3) is 10.7 Å². The van der Waals surface area contributed by atoms with Crippen molar-refractivity contribution >= 4 is 22.4 Å². The van der Waals surface area contributed by atoms with Gasteiger partial charge in [0.05, 0.1) is 5.92 Å². The van der Waals surface area contributed by atoms with Gasteiger partial charge in [-0.25, -0.2) is 0 Å². The highest BCUT2D eigenvalue weighted by Gasteiger charge is 2.29. The molecule has 0 spiro atoms. The first kappa shape index (κ1) is 14.6. The lowest BCUT2D eigenvalue weighted by Crippen LogP contribution is -2.43. The molecule has 7 nitrogen and oxygen atoms in total. The minimum atomic E-state index is 0.0434. The highest BCUT2D eigenvalue weighted by Crippen LogP contribution is 2.31. The molecule has 1 N–H and O–H groups in total. The molecule has 122 valence electrons. The fourth-order valence-corrected chi connectivity index (χ4v) is 3.69. The lowest BCUT2D eigenvalue weighted by Gasteiger charge is -2.31. The molecule has 3 heterocycles. The van der Waals surface area contributed by atoms with Crippen molar-refractivity contribution in [2.45, 2.75) is 25.7 Å². The quantitative estimate of drug-likeness (QED) is 0.900. The van der Waals surface area contributed by atoms with Gasteiger partial charge in [0.25, 0.3) is 0 Å². The molecule has 0 bridgehead atoms. The van der Waals surface area contributed by atoms with E-state index in [-0.39, 0.29) is 11.8 Å². The predicted molar refractivity (Wildman–Crippen MR) is 86.1 cm³/mol. The van der Waals surface area contributed by atoms with E-state index in [0.717, 1.165) is 36.1 Å². The van der Waals surface area contributed by atoms with Crippen LogP contribution in [0.15, 0.2) is 16.9 Å². The first-order valence-electron chi connectivity index (χ1n) is 8.06. The van der Waals surface area contributed by atoms with Gasteiger partial charge in [0, 0.05) is 25.7 Å². The summed E-state index contributed by atoms with van der Waals surface area (Å²) in [5.41, 5.74) is 0.699. The zero-order chi connectivity index (χ0) is 15.6. The van der Waals surface area contributed by atoms with E-state index in [9.17, 15) is 4.79 Å². The summed E-state index contributed by atoms with van der Waals surface area (Å²) in [6.45, 7) is 2.47. The van der Waals surface area contributed by atoms with Gasteiger partial charge in [0.2, 0.25) is 11.0 Å². The topological polar surface area (TPSA) is 84.2 Å². The first-order chi connectivity index (χ1) is 11.3. The van der Waals surface area contributed by atoms with Crippen molar-refractivity contribution in [3.8, 4) is 10.7 Å². The van der Waals surface area contributed by atoms with Gasteiger partial charge in [-0.05, 0) is 31.6 Å². The van der Waals surface area contributed by atoms with Crippen LogP contribution in [0.4, 0.5) is 5.13 Å². The molecule has 1 saturated heterocycles. The minimum absolute atomic E-state index is 0.0434. The molecule has 1 atom stereocenters. The summed E-state index contributed by atoms with van der Waals surface area (Å²) in [6.07, 6.45) is 5.99. The Balaban J connectivity index is 1.39. The van der Waals surface area contributed by atoms with Crippen molar-refractivity contribution in [1.29, 1.82) is 0 Å². The second kappa shape index (κ2) is 6.27. The molecule has 23 heavy (non-hydrogen) atoms. The van der Waals surface area contributed by atoms with Crippen LogP contribution in [0.2, 0.25) is 0 Å². The third kappa shape index (κ3) is 3.36. The standard InChI is InChI=1S/C15H19N5O2S/c21-13(16-8-10-3-4-10)11-2-1-6-20(9-11)15-18-17-14(23-15)12-5-7-22-19-12/h5,7,10-11H,1-4,6,8-9H2,(H,16,21)/t11-/m0/s1. The molecule has 8 heteroatoms. The van der Waals surface area contributed by atoms with Crippen LogP contribution in [-0.4, -0.2) is 40.9 Å². The monoisotopic (exact) mass is 333 g/mol. The first-order valence-corrected chi connectivity index (χ1v) is 8.88. The second-order valence-corrected chi connectivity index (χ2v) is 7.20. The van der Waals surface area contributed by atoms with Gasteiger partial charge in [-0.3, -0.25) is 4.79 Å². The van der Waals surface area contributed by atoms with Crippen LogP contribution in [0.3, 0.4) is 0 Å². The summed E-state index contributed by atoms with van der Waals surface area (Å²) in [5, 5.41) is 17.0. The number of aromatic nitrogens is 3. The number of hydrogen-bond acceptors (Lipinski definition) is 7. The maximum atomic E-state index is 12.3. The Bertz CT molecular complexity index is 667. The Morgan fingerprint density at radius 1 is 1.39 bits per heavy atom. The molecule has 1 aliphatic heterocycles. The maximum absolute atomic E-state index is 12.3. The lowest BCUT2D eigenvalue weighted by atomic mass is 9.97. The highest BCUT2D eigenvalue weighted by atomic mass is 32.1. The van der Waals surface area contributed by atoms with Crippen LogP contribution < -0.4 is 10.2 Å². The number of nitrogens with one attached hydrogen (secondary N) is 1. The average Bonchev–Trinajstić information content (AvgIpc) is 3.05. The largest absolute Gasteiger partial charge is 0.364 e. The average molecular weight is 333 g/mol. The number of piperidine rings is 1. The van der Waals surface area contributed by atoms with Crippen molar-refractivity contribution < 1.29 is 9.32 Å². The van der Waals surface area contributed by atoms with E-state index in [4.69, 9.17) is 4.52 Å². The second-order valence-electron chi connectivity index (χ2n) is 6.25. The normalized spacial score (nSPS) is 21.4. The van der Waals surface area contributed by atoms with Gasteiger partial charge >= 0.3 is 0 Å². The molecule has 1 aliphatic carbocycles. The van der Waals surface area contributed by atoms with Crippen LogP contribution in [0.1, 0.15) is 25.7 Å². The van der Waals surface area contributed by atoms with E-state index in [1.165, 1.54) is 30.4 Å². The number of rotatable bonds is 5. The maximum Gasteiger partial charge on any atom is 0.224 e. The molecule has 2 aromatic rings. The highest BCUT2D eigenvalue weighted by molar-refractivity contribution is 7.18. The molecule has 4 rings (SSSR count). The van der Waals surface area contributed by atoms with Gasteiger partial charge in [-0.2, -0.15) is 0 Å². The molecule has 2 fully saturated rings. The molecule has 2 aromatic heterocycles. The van der Waals surface area contributed by atoms with Gasteiger partial charge in [0.1, 0.15) is 12.0 Å². The Hall–Kier alpha value is -1.96. The van der Waals surface area contributed by atoms with E-state index in [0.29, 0.717) is 18.2 Å². The van der Waals surface area contributed by atoms with E-state index >= 15 is 0 Å². The molecular formula is C15H19N5O2S. The molecule has 2 aliphatic rings. The smallest absolute Gasteiger partial charge is 0.224 e. The molecule has 0 radical (unpaired) electrons. The predicted octanol–water partition coefficient (Wildman–Crippen LogP) is 1.94. The Morgan fingerprint density at radius 3 is 3.09 bits per heavy atom. The molecule has 1 saturated carbocycles. The number of carbonyl (C=O) groups is 1. The van der Waals surface area contributed by atoms with Crippen LogP contribution in [0.5, 0.6) is 0 Å². The summed E-state index contributed by atoms with van der Waals surface area (Å²) in [7, 11) is 0. The molecule has 1 amide bonds. The van der Waals surface area contributed by atoms with Gasteiger partial charge in [-0.15, -0.1) is 10.2 Å². The summed E-state index contributed by atoms with van der Waals surface area (Å²) in [5.74, 6) is 0.941. The van der Waals surface area contributed by atoms with Crippen molar-refractivity contribution in [1.82, 2.24) is 20.7 Å². The number of amides is 1. The van der Waals surface area contributed by atoms with Crippen molar-refractivity contribution in [2.75, 3.05) is 24.5 Å². The summed E-state index contributed by atoms with van der Waals surface area (Å²) < 4.78 is 4.85. The summed E-state index contributed by atoms with van der Waals surface area (Å²) in [4.78, 5) is 14.5. The Labute approximate surface area is 138 Å². The van der Waals surface area contributed by atoms with Gasteiger partial charge < -0.3 is 14.7 Å². The number of anilines is 1. The molecule has 0 aromatic carbocycles. The Kier molecular flexibility index (Phi) is 3.99. The van der Waals surface area contributed by atoms with E-state index in [1.54, 1.807) is 6.07 Å². The van der Waals surface area contributed by atoms with E-state index in [2.05, 4.69) is 25.6 Å². The van der Waals surface area contributed by atoms with Gasteiger partial charge in [0.15, 0.2) is 5.01 Å².